The van der Waals surface area contributed by atoms with E-state index in [-0.39, 0.29) is 17.9 Å². The zero-order valence-corrected chi connectivity index (χ0v) is 16.5. The Bertz CT molecular complexity index is 1060. The quantitative estimate of drug-likeness (QED) is 0.704. The Morgan fingerprint density at radius 3 is 2.57 bits per heavy atom. The molecule has 2 heterocycles. The van der Waals surface area contributed by atoms with Crippen LogP contribution < -0.4 is 15.4 Å². The van der Waals surface area contributed by atoms with Gasteiger partial charge in [-0.05, 0) is 45.0 Å². The number of benzene rings is 1. The zero-order chi connectivity index (χ0) is 20.4. The van der Waals surface area contributed by atoms with Crippen molar-refractivity contribution >= 4 is 34.2 Å². The molecule has 2 aromatic heterocycles. The van der Waals surface area contributed by atoms with Crippen LogP contribution in [0.4, 0.5) is 11.4 Å². The van der Waals surface area contributed by atoms with Crippen LogP contribution in [0, 0.1) is 6.92 Å². The SMILES string of the molecule is COc1ccc(NC(C)=O)cc1NC(=O)c1cc2cnn(C(C)C)c2nc1C. The first kappa shape index (κ1) is 19.3. The van der Waals surface area contributed by atoms with E-state index in [1.807, 2.05) is 18.5 Å². The van der Waals surface area contributed by atoms with Crippen LogP contribution in [-0.4, -0.2) is 33.7 Å². The smallest absolute Gasteiger partial charge is 0.257 e. The number of ether oxygens (including phenoxy) is 1. The third-order valence-corrected chi connectivity index (χ3v) is 4.26. The number of rotatable bonds is 5. The van der Waals surface area contributed by atoms with Crippen LogP contribution in [0.25, 0.3) is 11.0 Å². The van der Waals surface area contributed by atoms with Gasteiger partial charge >= 0.3 is 0 Å². The summed E-state index contributed by atoms with van der Waals surface area (Å²) < 4.78 is 7.14. The van der Waals surface area contributed by atoms with Crippen molar-refractivity contribution in [1.29, 1.82) is 0 Å². The number of pyridine rings is 1. The molecule has 0 bridgehead atoms. The van der Waals surface area contributed by atoms with E-state index >= 15 is 0 Å². The lowest BCUT2D eigenvalue weighted by atomic mass is 10.1. The Kier molecular flexibility index (Phi) is 5.30. The topological polar surface area (TPSA) is 98.1 Å². The van der Waals surface area contributed by atoms with Gasteiger partial charge in [0.2, 0.25) is 5.91 Å². The number of anilines is 2. The van der Waals surface area contributed by atoms with Gasteiger partial charge in [0.05, 0.1) is 30.3 Å². The molecule has 0 aliphatic rings. The summed E-state index contributed by atoms with van der Waals surface area (Å²) in [6.07, 6.45) is 1.70. The highest BCUT2D eigenvalue weighted by Gasteiger charge is 2.17. The number of carbonyl (C=O) groups is 2. The van der Waals surface area contributed by atoms with Crippen LogP contribution in [-0.2, 0) is 4.79 Å². The standard InChI is InChI=1S/C20H23N5O3/c1-11(2)25-19-14(10-21-25)8-16(12(3)22-19)20(27)24-17-9-15(23-13(4)26)6-7-18(17)28-5/h6-11H,1-5H3,(H,23,26)(H,24,27). The van der Waals surface area contributed by atoms with E-state index in [2.05, 4.69) is 20.7 Å². The number of aromatic nitrogens is 3. The number of amides is 2. The average Bonchev–Trinajstić information content (AvgIpc) is 3.03. The summed E-state index contributed by atoms with van der Waals surface area (Å²) in [5.74, 6) is -0.0284. The number of nitrogens with one attached hydrogen (secondary N) is 2. The first-order valence-corrected chi connectivity index (χ1v) is 8.92. The van der Waals surface area contributed by atoms with Crippen LogP contribution in [0.1, 0.15) is 42.9 Å². The summed E-state index contributed by atoms with van der Waals surface area (Å²) in [5, 5.41) is 10.7. The fraction of sp³-hybridized carbons (Fsp3) is 0.300. The Labute approximate surface area is 162 Å². The van der Waals surface area contributed by atoms with E-state index in [0.29, 0.717) is 28.4 Å². The van der Waals surface area contributed by atoms with Crippen LogP contribution in [0.5, 0.6) is 5.75 Å². The molecule has 2 N–H and O–H groups in total. The van der Waals surface area contributed by atoms with E-state index in [1.54, 1.807) is 37.4 Å². The predicted molar refractivity (Wildman–Crippen MR) is 108 cm³/mol. The summed E-state index contributed by atoms with van der Waals surface area (Å²) in [4.78, 5) is 28.8. The number of fused-ring (bicyclic) bond motifs is 1. The molecule has 0 atom stereocenters. The maximum Gasteiger partial charge on any atom is 0.257 e. The van der Waals surface area contributed by atoms with Gasteiger partial charge in [0.1, 0.15) is 5.75 Å². The second-order valence-corrected chi connectivity index (χ2v) is 6.77. The molecule has 2 amide bonds. The maximum atomic E-state index is 12.9. The van der Waals surface area contributed by atoms with Gasteiger partial charge in [-0.2, -0.15) is 5.10 Å². The molecule has 0 saturated heterocycles. The largest absolute Gasteiger partial charge is 0.495 e. The van der Waals surface area contributed by atoms with Crippen molar-refractivity contribution < 1.29 is 14.3 Å². The van der Waals surface area contributed by atoms with Crippen LogP contribution in [0.3, 0.4) is 0 Å². The molecule has 8 heteroatoms. The fourth-order valence-electron chi connectivity index (χ4n) is 2.95. The monoisotopic (exact) mass is 381 g/mol. The van der Waals surface area contributed by atoms with Gasteiger partial charge in [0, 0.05) is 24.0 Å². The van der Waals surface area contributed by atoms with Gasteiger partial charge < -0.3 is 15.4 Å². The minimum Gasteiger partial charge on any atom is -0.495 e. The average molecular weight is 381 g/mol. The zero-order valence-electron chi connectivity index (χ0n) is 16.5. The van der Waals surface area contributed by atoms with Crippen molar-refractivity contribution in [2.24, 2.45) is 0 Å². The number of hydrogen-bond donors (Lipinski definition) is 2. The minimum atomic E-state index is -0.317. The van der Waals surface area contributed by atoms with Gasteiger partial charge in [-0.15, -0.1) is 0 Å². The van der Waals surface area contributed by atoms with Crippen molar-refractivity contribution in [2.45, 2.75) is 33.7 Å². The van der Waals surface area contributed by atoms with E-state index < -0.39 is 0 Å². The van der Waals surface area contributed by atoms with E-state index in [1.165, 1.54) is 14.0 Å². The van der Waals surface area contributed by atoms with Crippen molar-refractivity contribution in [3.8, 4) is 5.75 Å². The highest BCUT2D eigenvalue weighted by molar-refractivity contribution is 6.07. The highest BCUT2D eigenvalue weighted by Crippen LogP contribution is 2.29. The highest BCUT2D eigenvalue weighted by atomic mass is 16.5. The van der Waals surface area contributed by atoms with Gasteiger partial charge in [0.15, 0.2) is 5.65 Å². The Morgan fingerprint density at radius 1 is 1.18 bits per heavy atom. The number of aryl methyl sites for hydroxylation is 1. The van der Waals surface area contributed by atoms with Crippen molar-refractivity contribution in [2.75, 3.05) is 17.7 Å². The molecule has 3 aromatic rings. The van der Waals surface area contributed by atoms with Crippen LogP contribution >= 0.6 is 0 Å². The molecule has 0 aliphatic heterocycles. The molecule has 1 aromatic carbocycles. The van der Waals surface area contributed by atoms with Crippen molar-refractivity contribution in [3.63, 3.8) is 0 Å². The van der Waals surface area contributed by atoms with Gasteiger partial charge in [0.25, 0.3) is 5.91 Å². The number of nitrogens with zero attached hydrogens (tertiary/aromatic N) is 3. The molecule has 28 heavy (non-hydrogen) atoms. The van der Waals surface area contributed by atoms with Crippen LogP contribution in [0.15, 0.2) is 30.5 Å². The molecule has 0 saturated carbocycles. The van der Waals surface area contributed by atoms with Crippen molar-refractivity contribution in [3.05, 3.63) is 41.7 Å². The summed E-state index contributed by atoms with van der Waals surface area (Å²) in [5.41, 5.74) is 2.81. The summed E-state index contributed by atoms with van der Waals surface area (Å²) >= 11 is 0. The first-order chi connectivity index (χ1) is 13.3. The summed E-state index contributed by atoms with van der Waals surface area (Å²) in [6.45, 7) is 7.26. The molecule has 0 spiro atoms. The second kappa shape index (κ2) is 7.67. The first-order valence-electron chi connectivity index (χ1n) is 8.92. The van der Waals surface area contributed by atoms with Gasteiger partial charge in [-0.3, -0.25) is 9.59 Å². The molecule has 146 valence electrons. The Hall–Kier alpha value is -3.42. The van der Waals surface area contributed by atoms with E-state index in [0.717, 1.165) is 11.0 Å². The second-order valence-electron chi connectivity index (χ2n) is 6.77. The Morgan fingerprint density at radius 2 is 1.93 bits per heavy atom. The molecule has 3 rings (SSSR count). The third-order valence-electron chi connectivity index (χ3n) is 4.26. The summed E-state index contributed by atoms with van der Waals surface area (Å²) in [7, 11) is 1.52. The summed E-state index contributed by atoms with van der Waals surface area (Å²) in [6, 6.07) is 6.99. The molecule has 8 nitrogen and oxygen atoms in total. The lowest BCUT2D eigenvalue weighted by Crippen LogP contribution is -2.16. The fourth-order valence-corrected chi connectivity index (χ4v) is 2.95. The van der Waals surface area contributed by atoms with E-state index in [9.17, 15) is 9.59 Å². The van der Waals surface area contributed by atoms with Gasteiger partial charge in [-0.1, -0.05) is 0 Å². The normalized spacial score (nSPS) is 10.9. The van der Waals surface area contributed by atoms with E-state index in [4.69, 9.17) is 4.74 Å². The molecular weight excluding hydrogens is 358 g/mol. The molecule has 0 fully saturated rings. The predicted octanol–water partition coefficient (Wildman–Crippen LogP) is 3.54. The van der Waals surface area contributed by atoms with Gasteiger partial charge in [-0.25, -0.2) is 9.67 Å². The lowest BCUT2D eigenvalue weighted by molar-refractivity contribution is -0.114. The lowest BCUT2D eigenvalue weighted by Gasteiger charge is -2.13. The number of hydrogen-bond acceptors (Lipinski definition) is 5. The minimum absolute atomic E-state index is 0.171. The maximum absolute atomic E-state index is 12.9. The van der Waals surface area contributed by atoms with Crippen molar-refractivity contribution in [1.82, 2.24) is 14.8 Å². The number of methoxy groups -OCH3 is 1. The third kappa shape index (κ3) is 3.80. The molecular formula is C20H23N5O3. The molecule has 0 unspecified atom stereocenters. The Balaban J connectivity index is 1.94. The molecule has 0 aliphatic carbocycles. The number of carbonyl (C=O) groups excluding carboxylic acids is 2. The molecule has 0 radical (unpaired) electrons. The van der Waals surface area contributed by atoms with Crippen LogP contribution in [0.2, 0.25) is 0 Å².